The van der Waals surface area contributed by atoms with Crippen LogP contribution in [-0.4, -0.2) is 40.1 Å². The zero-order valence-electron chi connectivity index (χ0n) is 14.4. The number of hydrogen-bond donors (Lipinski definition) is 1. The quantitative estimate of drug-likeness (QED) is 0.897. The summed E-state index contributed by atoms with van der Waals surface area (Å²) in [5, 5.41) is 3.10. The van der Waals surface area contributed by atoms with Crippen LogP contribution in [0.1, 0.15) is 41.7 Å². The number of methoxy groups -OCH3 is 1. The highest BCUT2D eigenvalue weighted by Crippen LogP contribution is 2.23. The van der Waals surface area contributed by atoms with E-state index in [1.54, 1.807) is 37.8 Å². The molecule has 1 fully saturated rings. The highest BCUT2D eigenvalue weighted by molar-refractivity contribution is 5.95. The number of nitrogens with zero attached hydrogens (tertiary/aromatic N) is 3. The number of aryl methyl sites for hydroxylation is 1. The summed E-state index contributed by atoms with van der Waals surface area (Å²) in [4.78, 5) is 24.8. The van der Waals surface area contributed by atoms with Gasteiger partial charge in [-0.25, -0.2) is 0 Å². The van der Waals surface area contributed by atoms with Gasteiger partial charge in [0.1, 0.15) is 6.10 Å². The van der Waals surface area contributed by atoms with Crippen molar-refractivity contribution < 1.29 is 14.3 Å². The Morgan fingerprint density at radius 2 is 1.96 bits per heavy atom. The van der Waals surface area contributed by atoms with E-state index in [0.717, 1.165) is 31.4 Å². The molecule has 2 aromatic heterocycles. The third-order valence-corrected chi connectivity index (χ3v) is 4.35. The van der Waals surface area contributed by atoms with E-state index < -0.39 is 0 Å². The maximum Gasteiger partial charge on any atom is 0.253 e. The number of hydrogen-bond acceptors (Lipinski definition) is 6. The van der Waals surface area contributed by atoms with Crippen molar-refractivity contribution in [2.45, 2.75) is 44.8 Å². The maximum absolute atomic E-state index is 12.4. The van der Waals surface area contributed by atoms with Gasteiger partial charge in [0.2, 0.25) is 11.8 Å². The van der Waals surface area contributed by atoms with E-state index in [9.17, 15) is 4.79 Å². The molecule has 25 heavy (non-hydrogen) atoms. The molecule has 2 heterocycles. The van der Waals surface area contributed by atoms with Gasteiger partial charge in [-0.3, -0.25) is 14.8 Å². The van der Waals surface area contributed by atoms with Gasteiger partial charge < -0.3 is 14.8 Å². The van der Waals surface area contributed by atoms with E-state index in [4.69, 9.17) is 9.47 Å². The van der Waals surface area contributed by atoms with Crippen LogP contribution in [0.4, 0.5) is 0 Å². The van der Waals surface area contributed by atoms with Gasteiger partial charge in [0.15, 0.2) is 0 Å². The Balaban J connectivity index is 1.50. The lowest BCUT2D eigenvalue weighted by molar-refractivity contribution is 0.0888. The largest absolute Gasteiger partial charge is 0.480 e. The second-order valence-electron chi connectivity index (χ2n) is 6.10. The molecule has 1 N–H and O–H groups in total. The van der Waals surface area contributed by atoms with Gasteiger partial charge in [0.05, 0.1) is 25.1 Å². The first-order valence-electron chi connectivity index (χ1n) is 8.41. The topological polar surface area (TPSA) is 86.2 Å². The Bertz CT molecular complexity index is 730. The fourth-order valence-corrected chi connectivity index (χ4v) is 2.97. The van der Waals surface area contributed by atoms with Crippen LogP contribution in [0.2, 0.25) is 0 Å². The molecular weight excluding hydrogens is 320 g/mol. The van der Waals surface area contributed by atoms with Crippen LogP contribution in [0.15, 0.2) is 30.7 Å². The fraction of sp³-hybridized carbons (Fsp3) is 0.444. The lowest BCUT2D eigenvalue weighted by atomic mass is 9.92. The third-order valence-electron chi connectivity index (χ3n) is 4.35. The lowest BCUT2D eigenvalue weighted by Gasteiger charge is -2.29. The third kappa shape index (κ3) is 4.43. The van der Waals surface area contributed by atoms with Crippen molar-refractivity contribution in [3.8, 4) is 11.8 Å². The molecule has 1 saturated carbocycles. The summed E-state index contributed by atoms with van der Waals surface area (Å²) in [7, 11) is 1.55. The zero-order chi connectivity index (χ0) is 17.6. The van der Waals surface area contributed by atoms with Crippen molar-refractivity contribution in [2.24, 2.45) is 0 Å². The molecule has 1 aliphatic rings. The molecule has 0 unspecified atom stereocenters. The highest BCUT2D eigenvalue weighted by Gasteiger charge is 2.24. The first-order valence-corrected chi connectivity index (χ1v) is 8.41. The molecular formula is C18H22N4O3. The Morgan fingerprint density at radius 1 is 1.20 bits per heavy atom. The average molecular weight is 342 g/mol. The molecule has 1 amide bonds. The van der Waals surface area contributed by atoms with E-state index in [1.807, 2.05) is 6.92 Å². The molecule has 0 saturated heterocycles. The predicted molar refractivity (Wildman–Crippen MR) is 91.7 cm³/mol. The van der Waals surface area contributed by atoms with Crippen molar-refractivity contribution in [1.29, 1.82) is 0 Å². The Hall–Kier alpha value is -2.70. The predicted octanol–water partition coefficient (Wildman–Crippen LogP) is 2.31. The van der Waals surface area contributed by atoms with Gasteiger partial charge in [-0.05, 0) is 44.7 Å². The van der Waals surface area contributed by atoms with E-state index in [2.05, 4.69) is 20.3 Å². The Labute approximate surface area is 146 Å². The van der Waals surface area contributed by atoms with Gasteiger partial charge in [-0.2, -0.15) is 4.98 Å². The molecule has 0 aromatic carbocycles. The van der Waals surface area contributed by atoms with E-state index in [0.29, 0.717) is 17.3 Å². The zero-order valence-corrected chi connectivity index (χ0v) is 14.4. The van der Waals surface area contributed by atoms with Crippen molar-refractivity contribution in [3.05, 3.63) is 42.0 Å². The van der Waals surface area contributed by atoms with Crippen molar-refractivity contribution in [2.75, 3.05) is 7.11 Å². The minimum Gasteiger partial charge on any atom is -0.480 e. The summed E-state index contributed by atoms with van der Waals surface area (Å²) in [6.07, 6.45) is 8.35. The highest BCUT2D eigenvalue weighted by atomic mass is 16.5. The number of aromatic nitrogens is 3. The second kappa shape index (κ2) is 7.92. The Morgan fingerprint density at radius 3 is 2.68 bits per heavy atom. The van der Waals surface area contributed by atoms with Gasteiger partial charge in [0.25, 0.3) is 5.91 Å². The number of rotatable bonds is 5. The smallest absolute Gasteiger partial charge is 0.253 e. The summed E-state index contributed by atoms with van der Waals surface area (Å²) >= 11 is 0. The standard InChI is InChI=1S/C18H22N4O3/c1-12-15(4-3-9-20-12)18(23)21-13-5-7-14(8-6-13)25-17-11-19-10-16(22-17)24-2/h3-4,9-11,13-14H,5-8H2,1-2H3,(H,21,23). The monoisotopic (exact) mass is 342 g/mol. The SMILES string of the molecule is COc1cncc(OC2CCC(NC(=O)c3cccnc3C)CC2)n1. The number of carbonyl (C=O) groups excluding carboxylic acids is 1. The van der Waals surface area contributed by atoms with Gasteiger partial charge in [0, 0.05) is 17.9 Å². The van der Waals surface area contributed by atoms with Gasteiger partial charge in [-0.1, -0.05) is 0 Å². The first-order chi connectivity index (χ1) is 12.2. The Kier molecular flexibility index (Phi) is 5.42. The van der Waals surface area contributed by atoms with Crippen LogP contribution in [0.25, 0.3) is 0 Å². The number of ether oxygens (including phenoxy) is 2. The second-order valence-corrected chi connectivity index (χ2v) is 6.10. The summed E-state index contributed by atoms with van der Waals surface area (Å²) in [5.74, 6) is 0.844. The molecule has 0 spiro atoms. The number of amides is 1. The molecule has 1 aliphatic carbocycles. The maximum atomic E-state index is 12.4. The van der Waals surface area contributed by atoms with Crippen LogP contribution in [0, 0.1) is 6.92 Å². The van der Waals surface area contributed by atoms with Crippen LogP contribution in [-0.2, 0) is 0 Å². The summed E-state index contributed by atoms with van der Waals surface area (Å²) in [6, 6.07) is 3.73. The normalized spacial score (nSPS) is 19.9. The fourth-order valence-electron chi connectivity index (χ4n) is 2.97. The lowest BCUT2D eigenvalue weighted by Crippen LogP contribution is -2.40. The van der Waals surface area contributed by atoms with Crippen LogP contribution < -0.4 is 14.8 Å². The minimum atomic E-state index is -0.0615. The van der Waals surface area contributed by atoms with Crippen LogP contribution >= 0.6 is 0 Å². The van der Waals surface area contributed by atoms with Gasteiger partial charge in [-0.15, -0.1) is 0 Å². The molecule has 7 nitrogen and oxygen atoms in total. The average Bonchev–Trinajstić information content (AvgIpc) is 2.64. The van der Waals surface area contributed by atoms with Gasteiger partial charge >= 0.3 is 0 Å². The number of nitrogens with one attached hydrogen (secondary N) is 1. The van der Waals surface area contributed by atoms with E-state index in [1.165, 1.54) is 0 Å². The molecule has 2 aromatic rings. The first kappa shape index (κ1) is 17.1. The molecule has 3 rings (SSSR count). The van der Waals surface area contributed by atoms with Crippen molar-refractivity contribution >= 4 is 5.91 Å². The molecule has 0 radical (unpaired) electrons. The summed E-state index contributed by atoms with van der Waals surface area (Å²) < 4.78 is 10.9. The summed E-state index contributed by atoms with van der Waals surface area (Å²) in [6.45, 7) is 1.84. The minimum absolute atomic E-state index is 0.0615. The number of pyridine rings is 1. The molecule has 0 aliphatic heterocycles. The molecule has 0 atom stereocenters. The molecule has 0 bridgehead atoms. The summed E-state index contributed by atoms with van der Waals surface area (Å²) in [5.41, 5.74) is 1.38. The van der Waals surface area contributed by atoms with E-state index >= 15 is 0 Å². The van der Waals surface area contributed by atoms with Crippen LogP contribution in [0.3, 0.4) is 0 Å². The van der Waals surface area contributed by atoms with Crippen LogP contribution in [0.5, 0.6) is 11.8 Å². The van der Waals surface area contributed by atoms with Crippen molar-refractivity contribution in [1.82, 2.24) is 20.3 Å². The molecule has 7 heteroatoms. The molecule has 132 valence electrons. The number of carbonyl (C=O) groups is 1. The van der Waals surface area contributed by atoms with Crippen molar-refractivity contribution in [3.63, 3.8) is 0 Å². The van der Waals surface area contributed by atoms with E-state index in [-0.39, 0.29) is 18.1 Å².